The molecule has 0 unspecified atom stereocenters. The maximum absolute atomic E-state index is 4.68. The lowest BCUT2D eigenvalue weighted by Gasteiger charge is -2.33. The average Bonchev–Trinajstić information content (AvgIpc) is 3.29. The van der Waals surface area contributed by atoms with Crippen molar-refractivity contribution in [3.05, 3.63) is 30.0 Å². The summed E-state index contributed by atoms with van der Waals surface area (Å²) < 4.78 is 2.38. The fourth-order valence-corrected chi connectivity index (χ4v) is 3.61. The van der Waals surface area contributed by atoms with Gasteiger partial charge in [0.2, 0.25) is 5.95 Å². The van der Waals surface area contributed by atoms with Crippen LogP contribution in [0.15, 0.2) is 18.5 Å². The summed E-state index contributed by atoms with van der Waals surface area (Å²) in [4.78, 5) is 16.3. The van der Waals surface area contributed by atoms with Crippen LogP contribution in [0.2, 0.25) is 0 Å². The Morgan fingerprint density at radius 1 is 1.25 bits per heavy atom. The number of anilines is 2. The molecule has 1 N–H and O–H groups in total. The van der Waals surface area contributed by atoms with Crippen LogP contribution in [-0.2, 0) is 6.54 Å². The second kappa shape index (κ2) is 6.42. The summed E-state index contributed by atoms with van der Waals surface area (Å²) in [5.74, 6) is 4.30. The van der Waals surface area contributed by atoms with Crippen molar-refractivity contribution in [2.45, 2.75) is 45.1 Å². The highest BCUT2D eigenvalue weighted by Crippen LogP contribution is 2.33. The lowest BCUT2D eigenvalue weighted by Crippen LogP contribution is -2.36. The molecule has 6 heteroatoms. The zero-order valence-corrected chi connectivity index (χ0v) is 14.6. The molecule has 3 heterocycles. The van der Waals surface area contributed by atoms with E-state index >= 15 is 0 Å². The molecule has 0 spiro atoms. The summed E-state index contributed by atoms with van der Waals surface area (Å²) >= 11 is 0. The molecule has 1 atom stereocenters. The van der Waals surface area contributed by atoms with Crippen molar-refractivity contribution in [2.75, 3.05) is 30.4 Å². The molecule has 128 valence electrons. The number of rotatable bonds is 5. The third-order valence-corrected chi connectivity index (χ3v) is 5.07. The third kappa shape index (κ3) is 3.23. The first kappa shape index (κ1) is 15.4. The number of hydrogen-bond acceptors (Lipinski definition) is 5. The molecule has 6 nitrogen and oxygen atoms in total. The van der Waals surface area contributed by atoms with Crippen LogP contribution in [0, 0.1) is 12.8 Å². The lowest BCUT2D eigenvalue weighted by molar-refractivity contribution is 0.459. The Kier molecular flexibility index (Phi) is 4.12. The fourth-order valence-electron chi connectivity index (χ4n) is 3.61. The van der Waals surface area contributed by atoms with Gasteiger partial charge in [-0.1, -0.05) is 0 Å². The minimum atomic E-state index is 0.467. The van der Waals surface area contributed by atoms with Gasteiger partial charge in [-0.25, -0.2) is 9.97 Å². The fraction of sp³-hybridized carbons (Fsp3) is 0.611. The van der Waals surface area contributed by atoms with Gasteiger partial charge in [0.25, 0.3) is 0 Å². The summed E-state index contributed by atoms with van der Waals surface area (Å²) in [7, 11) is 1.90. The van der Waals surface area contributed by atoms with E-state index in [1.165, 1.54) is 25.1 Å². The molecular formula is C18H26N6. The van der Waals surface area contributed by atoms with Crippen molar-refractivity contribution in [2.24, 2.45) is 5.92 Å². The Labute approximate surface area is 143 Å². The first-order valence-electron chi connectivity index (χ1n) is 9.02. The molecule has 0 radical (unpaired) electrons. The molecule has 0 bridgehead atoms. The van der Waals surface area contributed by atoms with Crippen molar-refractivity contribution < 1.29 is 0 Å². The van der Waals surface area contributed by atoms with Crippen LogP contribution in [0.3, 0.4) is 0 Å². The summed E-state index contributed by atoms with van der Waals surface area (Å²) in [6.45, 7) is 5.13. The molecule has 2 aromatic heterocycles. The van der Waals surface area contributed by atoms with Crippen LogP contribution in [0.25, 0.3) is 0 Å². The van der Waals surface area contributed by atoms with E-state index < -0.39 is 0 Å². The van der Waals surface area contributed by atoms with E-state index in [4.69, 9.17) is 0 Å². The minimum Gasteiger partial charge on any atom is -0.373 e. The predicted octanol–water partition coefficient (Wildman–Crippen LogP) is 2.82. The van der Waals surface area contributed by atoms with Gasteiger partial charge < -0.3 is 14.8 Å². The minimum absolute atomic E-state index is 0.467. The van der Waals surface area contributed by atoms with Gasteiger partial charge in [-0.3, -0.25) is 0 Å². The number of aromatic nitrogens is 4. The summed E-state index contributed by atoms with van der Waals surface area (Å²) in [6.07, 6.45) is 9.21. The van der Waals surface area contributed by atoms with Gasteiger partial charge in [0, 0.05) is 56.8 Å². The van der Waals surface area contributed by atoms with Crippen molar-refractivity contribution in [3.63, 3.8) is 0 Å². The van der Waals surface area contributed by atoms with E-state index in [0.717, 1.165) is 49.4 Å². The lowest BCUT2D eigenvalue weighted by atomic mass is 9.97. The zero-order valence-electron chi connectivity index (χ0n) is 14.6. The second-order valence-electron chi connectivity index (χ2n) is 7.11. The normalized spacial score (nSPS) is 21.1. The maximum Gasteiger partial charge on any atom is 0.227 e. The summed E-state index contributed by atoms with van der Waals surface area (Å²) in [5, 5.41) is 3.13. The first-order valence-corrected chi connectivity index (χ1v) is 9.02. The van der Waals surface area contributed by atoms with Crippen molar-refractivity contribution in [3.8, 4) is 0 Å². The molecule has 4 rings (SSSR count). The predicted molar refractivity (Wildman–Crippen MR) is 95.5 cm³/mol. The Balaban J connectivity index is 1.53. The van der Waals surface area contributed by atoms with Crippen LogP contribution in [0.1, 0.15) is 43.1 Å². The van der Waals surface area contributed by atoms with Gasteiger partial charge in [-0.2, -0.15) is 4.98 Å². The highest BCUT2D eigenvalue weighted by Gasteiger charge is 2.28. The smallest absolute Gasteiger partial charge is 0.227 e. The van der Waals surface area contributed by atoms with Gasteiger partial charge in [-0.15, -0.1) is 0 Å². The van der Waals surface area contributed by atoms with Crippen LogP contribution >= 0.6 is 0 Å². The Bertz CT molecular complexity index is 705. The molecule has 2 aliphatic rings. The maximum atomic E-state index is 4.68. The highest BCUT2D eigenvalue weighted by molar-refractivity contribution is 5.43. The van der Waals surface area contributed by atoms with Crippen molar-refractivity contribution in [1.82, 2.24) is 19.5 Å². The molecule has 1 saturated heterocycles. The number of piperidine rings is 1. The van der Waals surface area contributed by atoms with Crippen LogP contribution in [-0.4, -0.2) is 39.7 Å². The zero-order chi connectivity index (χ0) is 16.5. The Morgan fingerprint density at radius 3 is 2.92 bits per heavy atom. The third-order valence-electron chi connectivity index (χ3n) is 5.07. The van der Waals surface area contributed by atoms with Crippen molar-refractivity contribution in [1.29, 1.82) is 0 Å². The summed E-state index contributed by atoms with van der Waals surface area (Å²) in [6, 6.07) is 1.98. The molecule has 0 amide bonds. The number of nitrogens with one attached hydrogen (secondary N) is 1. The Hall–Kier alpha value is -2.11. The monoisotopic (exact) mass is 326 g/mol. The molecular weight excluding hydrogens is 300 g/mol. The largest absolute Gasteiger partial charge is 0.373 e. The van der Waals surface area contributed by atoms with Gasteiger partial charge in [-0.05, 0) is 38.5 Å². The van der Waals surface area contributed by atoms with Gasteiger partial charge in [0.05, 0.1) is 0 Å². The first-order chi connectivity index (χ1) is 11.7. The Morgan fingerprint density at radius 2 is 2.12 bits per heavy atom. The molecule has 0 aromatic carbocycles. The quantitative estimate of drug-likeness (QED) is 0.915. The SMILES string of the molecule is CNc1cc(C)nc(N2CCC[C@@H](c3nccn3CC3CC3)C2)n1. The number of nitrogens with zero attached hydrogens (tertiary/aromatic N) is 5. The average molecular weight is 326 g/mol. The number of aryl methyl sites for hydroxylation is 1. The van der Waals surface area contributed by atoms with E-state index in [1.54, 1.807) is 0 Å². The summed E-state index contributed by atoms with van der Waals surface area (Å²) in [5.41, 5.74) is 1.00. The van der Waals surface area contributed by atoms with E-state index in [2.05, 4.69) is 35.9 Å². The van der Waals surface area contributed by atoms with E-state index in [9.17, 15) is 0 Å². The van der Waals surface area contributed by atoms with Gasteiger partial charge >= 0.3 is 0 Å². The van der Waals surface area contributed by atoms with Gasteiger partial charge in [0.15, 0.2) is 0 Å². The van der Waals surface area contributed by atoms with Crippen LogP contribution < -0.4 is 10.2 Å². The van der Waals surface area contributed by atoms with E-state index in [1.807, 2.05) is 26.2 Å². The highest BCUT2D eigenvalue weighted by atomic mass is 15.3. The second-order valence-corrected chi connectivity index (χ2v) is 7.11. The molecule has 2 aromatic rings. The molecule has 1 saturated carbocycles. The molecule has 2 fully saturated rings. The van der Waals surface area contributed by atoms with Crippen molar-refractivity contribution >= 4 is 11.8 Å². The van der Waals surface area contributed by atoms with E-state index in [0.29, 0.717) is 5.92 Å². The molecule has 24 heavy (non-hydrogen) atoms. The van der Waals surface area contributed by atoms with Crippen LogP contribution in [0.4, 0.5) is 11.8 Å². The van der Waals surface area contributed by atoms with Gasteiger partial charge in [0.1, 0.15) is 11.6 Å². The number of imidazole rings is 1. The topological polar surface area (TPSA) is 58.9 Å². The number of hydrogen-bond donors (Lipinski definition) is 1. The molecule has 1 aliphatic carbocycles. The standard InChI is InChI=1S/C18H26N6/c1-13-10-16(19-2)22-18(21-13)24-8-3-4-15(12-24)17-20-7-9-23(17)11-14-5-6-14/h7,9-10,14-15H,3-6,8,11-12H2,1-2H3,(H,19,21,22)/t15-/m1/s1. The van der Waals surface area contributed by atoms with Crippen LogP contribution in [0.5, 0.6) is 0 Å². The molecule has 1 aliphatic heterocycles. The van der Waals surface area contributed by atoms with E-state index in [-0.39, 0.29) is 0 Å².